The van der Waals surface area contributed by atoms with Crippen LogP contribution in [-0.2, 0) is 0 Å². The van der Waals surface area contributed by atoms with E-state index < -0.39 is 0 Å². The normalized spacial score (nSPS) is 22.9. The minimum atomic E-state index is 0.278. The molecule has 1 rings (SSSR count). The van der Waals surface area contributed by atoms with Crippen LogP contribution < -0.4 is 5.32 Å². The van der Waals surface area contributed by atoms with Crippen LogP contribution in [0.15, 0.2) is 0 Å². The van der Waals surface area contributed by atoms with Crippen LogP contribution in [0.3, 0.4) is 0 Å². The molecule has 1 aliphatic heterocycles. The van der Waals surface area contributed by atoms with Crippen molar-refractivity contribution in [3.05, 3.63) is 0 Å². The van der Waals surface area contributed by atoms with Crippen LogP contribution in [0.4, 0.5) is 0 Å². The Kier molecular flexibility index (Phi) is 6.45. The lowest BCUT2D eigenvalue weighted by molar-refractivity contribution is 0.156. The summed E-state index contributed by atoms with van der Waals surface area (Å²) in [7, 11) is 0. The van der Waals surface area contributed by atoms with Gasteiger partial charge in [0.15, 0.2) is 0 Å². The Morgan fingerprint density at radius 3 is 2.24 bits per heavy atom. The number of nitrogens with one attached hydrogen (secondary N) is 1. The van der Waals surface area contributed by atoms with Crippen LogP contribution in [0, 0.1) is 11.8 Å². The Bertz CT molecular complexity index is 200. The van der Waals surface area contributed by atoms with Gasteiger partial charge in [0.1, 0.15) is 0 Å². The van der Waals surface area contributed by atoms with Gasteiger partial charge < -0.3 is 15.3 Å². The first-order chi connectivity index (χ1) is 8.02. The average molecular weight is 242 g/mol. The third-order valence-corrected chi connectivity index (χ3v) is 3.85. The molecule has 17 heavy (non-hydrogen) atoms. The maximum atomic E-state index is 9.13. The van der Waals surface area contributed by atoms with Crippen molar-refractivity contribution in [2.45, 2.75) is 52.6 Å². The zero-order chi connectivity index (χ0) is 12.8. The molecule has 0 radical (unpaired) electrons. The molecule has 1 aliphatic rings. The van der Waals surface area contributed by atoms with Crippen LogP contribution in [0.5, 0.6) is 0 Å². The molecule has 0 saturated carbocycles. The molecule has 1 saturated heterocycles. The maximum Gasteiger partial charge on any atom is 0.0471 e. The Hall–Kier alpha value is -0.120. The van der Waals surface area contributed by atoms with E-state index in [-0.39, 0.29) is 6.61 Å². The monoisotopic (exact) mass is 242 g/mol. The van der Waals surface area contributed by atoms with E-state index in [0.29, 0.717) is 18.0 Å². The van der Waals surface area contributed by atoms with E-state index in [0.717, 1.165) is 5.92 Å². The molecule has 0 spiro atoms. The third kappa shape index (κ3) is 5.36. The summed E-state index contributed by atoms with van der Waals surface area (Å²) in [5, 5.41) is 12.8. The van der Waals surface area contributed by atoms with Gasteiger partial charge in [-0.15, -0.1) is 0 Å². The molecule has 0 amide bonds. The molecular formula is C14H30N2O. The SMILES string of the molecule is CC(C)CN1CCC(NC(C)C(C)CO)CC1. The molecule has 1 fully saturated rings. The first-order valence-electron chi connectivity index (χ1n) is 7.12. The molecule has 0 aromatic heterocycles. The number of aliphatic hydroxyl groups is 1. The topological polar surface area (TPSA) is 35.5 Å². The fourth-order valence-electron chi connectivity index (χ4n) is 2.49. The van der Waals surface area contributed by atoms with E-state index in [1.165, 1.54) is 32.5 Å². The molecule has 0 aromatic carbocycles. The number of likely N-dealkylation sites (tertiary alicyclic amines) is 1. The van der Waals surface area contributed by atoms with Crippen LogP contribution in [0.25, 0.3) is 0 Å². The standard InChI is InChI=1S/C14H30N2O/c1-11(2)9-16-7-5-14(6-8-16)15-13(4)12(3)10-17/h11-15,17H,5-10H2,1-4H3. The first kappa shape index (κ1) is 14.9. The summed E-state index contributed by atoms with van der Waals surface area (Å²) in [5.41, 5.74) is 0. The van der Waals surface area contributed by atoms with Crippen molar-refractivity contribution in [3.8, 4) is 0 Å². The number of aliphatic hydroxyl groups excluding tert-OH is 1. The Morgan fingerprint density at radius 2 is 1.76 bits per heavy atom. The van der Waals surface area contributed by atoms with Gasteiger partial charge in [-0.3, -0.25) is 0 Å². The highest BCUT2D eigenvalue weighted by atomic mass is 16.3. The number of hydrogen-bond donors (Lipinski definition) is 2. The smallest absolute Gasteiger partial charge is 0.0471 e. The Balaban J connectivity index is 2.23. The molecule has 0 aliphatic carbocycles. The molecule has 1 heterocycles. The highest BCUT2D eigenvalue weighted by Gasteiger charge is 2.22. The van der Waals surface area contributed by atoms with E-state index >= 15 is 0 Å². The molecule has 0 aromatic rings. The van der Waals surface area contributed by atoms with Gasteiger partial charge in [-0.2, -0.15) is 0 Å². The molecule has 2 unspecified atom stereocenters. The number of piperidine rings is 1. The highest BCUT2D eigenvalue weighted by Crippen LogP contribution is 2.14. The van der Waals surface area contributed by atoms with Gasteiger partial charge in [0.05, 0.1) is 0 Å². The van der Waals surface area contributed by atoms with Gasteiger partial charge >= 0.3 is 0 Å². The summed E-state index contributed by atoms with van der Waals surface area (Å²) in [4.78, 5) is 2.57. The van der Waals surface area contributed by atoms with Crippen LogP contribution >= 0.6 is 0 Å². The number of rotatable bonds is 6. The van der Waals surface area contributed by atoms with Crippen molar-refractivity contribution in [2.75, 3.05) is 26.2 Å². The molecule has 2 N–H and O–H groups in total. The van der Waals surface area contributed by atoms with Crippen molar-refractivity contribution in [2.24, 2.45) is 11.8 Å². The lowest BCUT2D eigenvalue weighted by Crippen LogP contribution is -2.48. The van der Waals surface area contributed by atoms with Crippen LogP contribution in [-0.4, -0.2) is 48.3 Å². The molecule has 3 heteroatoms. The van der Waals surface area contributed by atoms with Gasteiger partial charge in [0.25, 0.3) is 0 Å². The molecular weight excluding hydrogens is 212 g/mol. The summed E-state index contributed by atoms with van der Waals surface area (Å²) in [5.74, 6) is 1.12. The summed E-state index contributed by atoms with van der Waals surface area (Å²) in [6.07, 6.45) is 2.49. The van der Waals surface area contributed by atoms with Gasteiger partial charge in [-0.25, -0.2) is 0 Å². The van der Waals surface area contributed by atoms with Gasteiger partial charge in [-0.1, -0.05) is 20.8 Å². The van der Waals surface area contributed by atoms with Crippen LogP contribution in [0.1, 0.15) is 40.5 Å². The van der Waals surface area contributed by atoms with Crippen LogP contribution in [0.2, 0.25) is 0 Å². The maximum absolute atomic E-state index is 9.13. The third-order valence-electron chi connectivity index (χ3n) is 3.85. The van der Waals surface area contributed by atoms with Gasteiger partial charge in [-0.05, 0) is 44.7 Å². The molecule has 102 valence electrons. The Labute approximate surface area is 107 Å². The quantitative estimate of drug-likeness (QED) is 0.744. The average Bonchev–Trinajstić information content (AvgIpc) is 2.30. The summed E-state index contributed by atoms with van der Waals surface area (Å²) in [6.45, 7) is 12.8. The minimum Gasteiger partial charge on any atom is -0.396 e. The molecule has 0 bridgehead atoms. The predicted molar refractivity (Wildman–Crippen MR) is 73.1 cm³/mol. The summed E-state index contributed by atoms with van der Waals surface area (Å²) < 4.78 is 0. The van der Waals surface area contributed by atoms with E-state index in [9.17, 15) is 0 Å². The summed E-state index contributed by atoms with van der Waals surface area (Å²) in [6, 6.07) is 1.06. The van der Waals surface area contributed by atoms with Crippen molar-refractivity contribution in [3.63, 3.8) is 0 Å². The second-order valence-corrected chi connectivity index (χ2v) is 6.08. The minimum absolute atomic E-state index is 0.278. The second-order valence-electron chi connectivity index (χ2n) is 6.08. The zero-order valence-corrected chi connectivity index (χ0v) is 11.9. The predicted octanol–water partition coefficient (Wildman–Crippen LogP) is 1.71. The van der Waals surface area contributed by atoms with E-state index in [2.05, 4.69) is 37.9 Å². The van der Waals surface area contributed by atoms with E-state index in [4.69, 9.17) is 5.11 Å². The Morgan fingerprint density at radius 1 is 1.18 bits per heavy atom. The van der Waals surface area contributed by atoms with Gasteiger partial charge in [0.2, 0.25) is 0 Å². The van der Waals surface area contributed by atoms with Crippen molar-refractivity contribution in [1.29, 1.82) is 0 Å². The van der Waals surface area contributed by atoms with Crippen molar-refractivity contribution < 1.29 is 5.11 Å². The number of hydrogen-bond acceptors (Lipinski definition) is 3. The van der Waals surface area contributed by atoms with Crippen molar-refractivity contribution >= 4 is 0 Å². The first-order valence-corrected chi connectivity index (χ1v) is 7.12. The van der Waals surface area contributed by atoms with E-state index in [1.54, 1.807) is 0 Å². The second kappa shape index (κ2) is 7.34. The summed E-state index contributed by atoms with van der Waals surface area (Å²) >= 11 is 0. The fourth-order valence-corrected chi connectivity index (χ4v) is 2.49. The van der Waals surface area contributed by atoms with E-state index in [1.807, 2.05) is 0 Å². The number of nitrogens with zero attached hydrogens (tertiary/aromatic N) is 1. The zero-order valence-electron chi connectivity index (χ0n) is 11.9. The molecule has 2 atom stereocenters. The highest BCUT2D eigenvalue weighted by molar-refractivity contribution is 4.81. The molecule has 3 nitrogen and oxygen atoms in total. The van der Waals surface area contributed by atoms with Gasteiger partial charge in [0, 0.05) is 25.2 Å². The largest absolute Gasteiger partial charge is 0.396 e. The fraction of sp³-hybridized carbons (Fsp3) is 1.00. The van der Waals surface area contributed by atoms with Crippen molar-refractivity contribution in [1.82, 2.24) is 10.2 Å². The lowest BCUT2D eigenvalue weighted by atomic mass is 9.99. The lowest BCUT2D eigenvalue weighted by Gasteiger charge is -2.35.